The van der Waals surface area contributed by atoms with Gasteiger partial charge in [0.15, 0.2) is 0 Å². The smallest absolute Gasteiger partial charge is 1.00 e. The molecule has 0 spiro atoms. The van der Waals surface area contributed by atoms with Gasteiger partial charge in [0.25, 0.3) is 0 Å². The van der Waals surface area contributed by atoms with Crippen LogP contribution in [0.25, 0.3) is 6.15 Å². The molecule has 0 aromatic heterocycles. The molecule has 0 rings (SSSR count). The number of rotatable bonds is 0. The first-order valence-electron chi connectivity index (χ1n) is 0. The van der Waals surface area contributed by atoms with Gasteiger partial charge in [-0.1, -0.05) is 0 Å². The van der Waals surface area contributed by atoms with Crippen molar-refractivity contribution in [2.24, 2.45) is 0 Å². The van der Waals surface area contributed by atoms with Gasteiger partial charge in [-0.3, -0.25) is 0 Å². The van der Waals surface area contributed by atoms with Crippen LogP contribution in [0, 0.1) is 0 Å². The summed E-state index contributed by atoms with van der Waals surface area (Å²) in [6.45, 7) is 0. The molecule has 0 N–H and O–H groups in total. The Bertz CT molecular complexity index is 7.51. The Kier molecular flexibility index (Phi) is 583. The first-order valence-corrected chi connectivity index (χ1v) is 0. The largest absolute Gasteiger partial charge is 3.00 e. The summed E-state index contributed by atoms with van der Waals surface area (Å²) in [6, 6.07) is 0. The maximum Gasteiger partial charge on any atom is 1.00 e. The summed E-state index contributed by atoms with van der Waals surface area (Å²) in [6.07, 6.45) is 0. The third-order valence-corrected chi connectivity index (χ3v) is 0. The summed E-state index contributed by atoms with van der Waals surface area (Å²) >= 11 is 0. The van der Waals surface area contributed by atoms with Gasteiger partial charge in [-0.25, -0.2) is 0 Å². The fourth-order valence-electron chi connectivity index (χ4n) is 0. The molecule has 0 aliphatic heterocycles. The van der Waals surface area contributed by atoms with E-state index in [0.717, 1.165) is 0 Å². The Hall–Kier alpha value is 2.64. The van der Waals surface area contributed by atoms with Crippen molar-refractivity contribution in [3.05, 3.63) is 6.15 Å². The van der Waals surface area contributed by atoms with Crippen molar-refractivity contribution in [3.63, 3.8) is 0 Å². The molecule has 0 aromatic rings. The van der Waals surface area contributed by atoms with Crippen LogP contribution in [0.15, 0.2) is 0 Å². The fourth-order valence-corrected chi connectivity index (χ4v) is 0. The number of hydrogen-bond donors (Lipinski definition) is 0. The molecule has 0 aliphatic carbocycles. The molecule has 0 atom stereocenters. The molecule has 0 saturated heterocycles. The third kappa shape index (κ3) is 30.3. The van der Waals surface area contributed by atoms with Crippen LogP contribution >= 0.6 is 12.4 Å². The van der Waals surface area contributed by atoms with Crippen molar-refractivity contribution in [3.8, 4) is 0 Å². The predicted molar refractivity (Wildman–Crippen MR) is 10.6 cm³/mol. The van der Waals surface area contributed by atoms with Crippen LogP contribution in [-0.2, 0) is 0 Å². The fraction of sp³-hybridized carbons (Fsp3) is 0. The number of nitrogens with zero attached hydrogens (tertiary/aromatic N) is 1. The molecule has 0 fully saturated rings. The van der Waals surface area contributed by atoms with Crippen LogP contribution in [0.2, 0.25) is 0 Å². The average Bonchev–Trinajstić information content (AvgIpc) is 0. The van der Waals surface area contributed by atoms with Crippen molar-refractivity contribution in [2.45, 2.75) is 0 Å². The minimum Gasteiger partial charge on any atom is -3.00 e. The second-order valence-corrected chi connectivity index (χ2v) is 0. The normalized spacial score (nSPS) is 0. The Labute approximate surface area is 92.8 Å². The molecule has 6 heavy (non-hydrogen) atoms. The Morgan fingerprint density at radius 3 is 0.500 bits per heavy atom. The standard InChI is InChI=1S/ClH.4Li.N/h1H;;;;;/q;4*+1;-3. The van der Waals surface area contributed by atoms with E-state index < -0.39 is 0 Å². The van der Waals surface area contributed by atoms with Crippen molar-refractivity contribution < 1.29 is 75.4 Å². The van der Waals surface area contributed by atoms with Gasteiger partial charge >= 0.3 is 75.4 Å². The molecule has 0 aromatic carbocycles. The third-order valence-electron chi connectivity index (χ3n) is 0. The van der Waals surface area contributed by atoms with E-state index in [0.29, 0.717) is 0 Å². The van der Waals surface area contributed by atoms with Gasteiger partial charge < -0.3 is 6.15 Å². The molecule has 0 heterocycles. The molecule has 1 nitrogen and oxygen atoms in total. The van der Waals surface area contributed by atoms with Crippen LogP contribution in [0.4, 0.5) is 0 Å². The summed E-state index contributed by atoms with van der Waals surface area (Å²) in [5, 5.41) is 0. The van der Waals surface area contributed by atoms with E-state index in [1.54, 1.807) is 0 Å². The summed E-state index contributed by atoms with van der Waals surface area (Å²) in [5.74, 6) is 0. The van der Waals surface area contributed by atoms with Crippen LogP contribution in [-0.4, -0.2) is 0 Å². The van der Waals surface area contributed by atoms with E-state index in [-0.39, 0.29) is 94.0 Å². The first kappa shape index (κ1) is 72.4. The molecule has 0 amide bonds. The van der Waals surface area contributed by atoms with Gasteiger partial charge in [-0.2, -0.15) is 0 Å². The molecule has 0 saturated carbocycles. The van der Waals surface area contributed by atoms with Gasteiger partial charge in [-0.15, -0.1) is 12.4 Å². The molecule has 6 heteroatoms. The average molecular weight is 78.2 g/mol. The molecule has 0 radical (unpaired) electrons. The summed E-state index contributed by atoms with van der Waals surface area (Å²) in [5.41, 5.74) is 0. The van der Waals surface area contributed by atoms with E-state index in [4.69, 9.17) is 0 Å². The van der Waals surface area contributed by atoms with Crippen LogP contribution in [0.1, 0.15) is 0 Å². The molecular formula is HClLi4N+. The topological polar surface area (TPSA) is 30.5 Å². The summed E-state index contributed by atoms with van der Waals surface area (Å²) < 4.78 is 0. The van der Waals surface area contributed by atoms with Crippen molar-refractivity contribution >= 4 is 12.4 Å². The quantitative estimate of drug-likeness (QED) is 0.258. The monoisotopic (exact) mass is 78.0 g/mol. The van der Waals surface area contributed by atoms with Crippen molar-refractivity contribution in [2.75, 3.05) is 0 Å². The number of hydrogen-bond acceptors (Lipinski definition) is 0. The Balaban J connectivity index is 0. The van der Waals surface area contributed by atoms with Crippen molar-refractivity contribution in [1.29, 1.82) is 0 Å². The van der Waals surface area contributed by atoms with E-state index >= 15 is 0 Å². The number of halogens is 1. The van der Waals surface area contributed by atoms with Gasteiger partial charge in [0.05, 0.1) is 0 Å². The summed E-state index contributed by atoms with van der Waals surface area (Å²) in [7, 11) is 0. The van der Waals surface area contributed by atoms with E-state index in [2.05, 4.69) is 0 Å². The predicted octanol–water partition coefficient (Wildman–Crippen LogP) is -11.3. The Morgan fingerprint density at radius 1 is 0.500 bits per heavy atom. The zero-order chi connectivity index (χ0) is 0. The zero-order valence-corrected chi connectivity index (χ0v) is 5.67. The maximum absolute atomic E-state index is 0. The molecule has 0 unspecified atom stereocenters. The SMILES string of the molecule is Cl.[Li+].[Li+].[Li+].[Li+].[N-3]. The second kappa shape index (κ2) is 48.3. The second-order valence-electron chi connectivity index (χ2n) is 0. The molecular weight excluding hydrogens is 77.2 g/mol. The first-order chi connectivity index (χ1) is 0. The molecule has 0 bridgehead atoms. The Morgan fingerprint density at radius 2 is 0.500 bits per heavy atom. The van der Waals surface area contributed by atoms with Gasteiger partial charge in [0.1, 0.15) is 0 Å². The zero-order valence-electron chi connectivity index (χ0n) is 4.86. The van der Waals surface area contributed by atoms with E-state index in [9.17, 15) is 0 Å². The van der Waals surface area contributed by atoms with E-state index in [1.807, 2.05) is 0 Å². The molecule has 16 valence electrons. The van der Waals surface area contributed by atoms with Crippen LogP contribution < -0.4 is 75.4 Å². The van der Waals surface area contributed by atoms with Gasteiger partial charge in [-0.05, 0) is 0 Å². The minimum atomic E-state index is 0. The minimum absolute atomic E-state index is 0. The van der Waals surface area contributed by atoms with E-state index in [1.165, 1.54) is 0 Å². The molecule has 0 aliphatic rings. The van der Waals surface area contributed by atoms with Crippen LogP contribution in [0.3, 0.4) is 0 Å². The van der Waals surface area contributed by atoms with Gasteiger partial charge in [0, 0.05) is 0 Å². The summed E-state index contributed by atoms with van der Waals surface area (Å²) in [4.78, 5) is 0. The maximum atomic E-state index is 0. The van der Waals surface area contributed by atoms with Crippen LogP contribution in [0.5, 0.6) is 0 Å². The van der Waals surface area contributed by atoms with Crippen molar-refractivity contribution in [1.82, 2.24) is 0 Å². The van der Waals surface area contributed by atoms with Gasteiger partial charge in [0.2, 0.25) is 0 Å².